The highest BCUT2D eigenvalue weighted by atomic mass is 16.5. The predicted molar refractivity (Wildman–Crippen MR) is 77.9 cm³/mol. The SMILES string of the molecule is COc1ccc2c(c1)C(=N)C(C)(C)c1c(N=[NH2+])ncnc1-2. The molecule has 0 amide bonds. The predicted octanol–water partition coefficient (Wildman–Crippen LogP) is 1.65. The zero-order chi connectivity index (χ0) is 15.2. The highest BCUT2D eigenvalue weighted by Crippen LogP contribution is 2.45. The third kappa shape index (κ3) is 1.75. The lowest BCUT2D eigenvalue weighted by molar-refractivity contribution is -0.211. The molecule has 2 aromatic rings. The number of methoxy groups -OCH3 is 1. The highest BCUT2D eigenvalue weighted by molar-refractivity contribution is 6.14. The largest absolute Gasteiger partial charge is 0.497 e. The van der Waals surface area contributed by atoms with E-state index in [0.717, 1.165) is 28.1 Å². The van der Waals surface area contributed by atoms with Gasteiger partial charge in [0.05, 0.1) is 12.8 Å². The summed E-state index contributed by atoms with van der Waals surface area (Å²) in [6, 6.07) is 5.63. The molecular weight excluding hydrogens is 266 g/mol. The second kappa shape index (κ2) is 4.44. The van der Waals surface area contributed by atoms with E-state index in [-0.39, 0.29) is 0 Å². The molecule has 0 atom stereocenters. The summed E-state index contributed by atoms with van der Waals surface area (Å²) in [4.78, 5) is 8.51. The summed E-state index contributed by atoms with van der Waals surface area (Å²) in [5, 5.41) is 12.3. The Balaban J connectivity index is 2.40. The molecule has 21 heavy (non-hydrogen) atoms. The lowest BCUT2D eigenvalue weighted by atomic mass is 9.70. The summed E-state index contributed by atoms with van der Waals surface area (Å²) in [6.07, 6.45) is 1.45. The van der Waals surface area contributed by atoms with Gasteiger partial charge in [-0.05, 0) is 32.0 Å². The van der Waals surface area contributed by atoms with Crippen LogP contribution in [0.4, 0.5) is 5.82 Å². The van der Waals surface area contributed by atoms with Gasteiger partial charge in [0.2, 0.25) is 5.82 Å². The van der Waals surface area contributed by atoms with E-state index in [4.69, 9.17) is 15.7 Å². The minimum Gasteiger partial charge on any atom is -0.497 e. The van der Waals surface area contributed by atoms with E-state index < -0.39 is 5.41 Å². The Hall–Kier alpha value is -2.63. The first-order valence-electron chi connectivity index (χ1n) is 6.55. The molecule has 6 nitrogen and oxygen atoms in total. The van der Waals surface area contributed by atoms with Crippen molar-refractivity contribution in [3.05, 3.63) is 35.7 Å². The normalized spacial score (nSPS) is 15.1. The van der Waals surface area contributed by atoms with Crippen molar-refractivity contribution in [3.63, 3.8) is 0 Å². The van der Waals surface area contributed by atoms with E-state index in [0.29, 0.717) is 11.5 Å². The molecule has 0 unspecified atom stereocenters. The molecule has 106 valence electrons. The molecule has 0 spiro atoms. The average Bonchev–Trinajstić information content (AvgIpc) is 2.51. The fourth-order valence-electron chi connectivity index (χ4n) is 2.78. The quantitative estimate of drug-likeness (QED) is 0.819. The number of hydrogen-bond donors (Lipinski definition) is 2. The number of nitrogens with two attached hydrogens (primary N) is 1. The topological polar surface area (TPSA) is 96.8 Å². The molecule has 1 aromatic carbocycles. The lowest BCUT2D eigenvalue weighted by Gasteiger charge is -2.33. The molecule has 3 N–H and O–H groups in total. The van der Waals surface area contributed by atoms with Gasteiger partial charge in [0, 0.05) is 32.9 Å². The first kappa shape index (κ1) is 13.4. The van der Waals surface area contributed by atoms with Crippen LogP contribution in [0.1, 0.15) is 25.0 Å². The monoisotopic (exact) mass is 282 g/mol. The van der Waals surface area contributed by atoms with Crippen LogP contribution in [0, 0.1) is 5.41 Å². The minimum absolute atomic E-state index is 0.427. The summed E-state index contributed by atoms with van der Waals surface area (Å²) in [7, 11) is 1.61. The maximum absolute atomic E-state index is 8.55. The highest BCUT2D eigenvalue weighted by Gasteiger charge is 2.40. The van der Waals surface area contributed by atoms with Crippen molar-refractivity contribution in [2.45, 2.75) is 19.3 Å². The van der Waals surface area contributed by atoms with E-state index in [1.165, 1.54) is 6.33 Å². The Kier molecular flexibility index (Phi) is 2.83. The van der Waals surface area contributed by atoms with Crippen LogP contribution in [0.2, 0.25) is 0 Å². The molecule has 0 saturated carbocycles. The number of nitrogens with zero attached hydrogens (tertiary/aromatic N) is 3. The third-order valence-electron chi connectivity index (χ3n) is 3.95. The molecular formula is C15H16N5O+. The van der Waals surface area contributed by atoms with Gasteiger partial charge in [0.25, 0.3) is 0 Å². The first-order valence-corrected chi connectivity index (χ1v) is 6.55. The molecule has 1 heterocycles. The third-order valence-corrected chi connectivity index (χ3v) is 3.95. The van der Waals surface area contributed by atoms with Gasteiger partial charge in [0.1, 0.15) is 12.1 Å². The second-order valence-electron chi connectivity index (χ2n) is 5.46. The van der Waals surface area contributed by atoms with Crippen LogP contribution in [0.5, 0.6) is 5.75 Å². The van der Waals surface area contributed by atoms with Gasteiger partial charge < -0.3 is 10.1 Å². The van der Waals surface area contributed by atoms with Crippen molar-refractivity contribution in [2.75, 3.05) is 7.11 Å². The fraction of sp³-hybridized carbons (Fsp3) is 0.267. The van der Waals surface area contributed by atoms with E-state index in [9.17, 15) is 0 Å². The van der Waals surface area contributed by atoms with Gasteiger partial charge in [-0.3, -0.25) is 0 Å². The molecule has 6 heteroatoms. The smallest absolute Gasteiger partial charge is 0.226 e. The van der Waals surface area contributed by atoms with Crippen molar-refractivity contribution in [2.24, 2.45) is 5.11 Å². The summed E-state index contributed by atoms with van der Waals surface area (Å²) in [5.74, 6) is 1.15. The second-order valence-corrected chi connectivity index (χ2v) is 5.46. The van der Waals surface area contributed by atoms with Crippen LogP contribution >= 0.6 is 0 Å². The zero-order valence-corrected chi connectivity index (χ0v) is 12.1. The zero-order valence-electron chi connectivity index (χ0n) is 12.1. The van der Waals surface area contributed by atoms with Gasteiger partial charge in [-0.25, -0.2) is 9.97 Å². The Labute approximate surface area is 122 Å². The van der Waals surface area contributed by atoms with Crippen molar-refractivity contribution in [3.8, 4) is 17.0 Å². The van der Waals surface area contributed by atoms with E-state index in [1.807, 2.05) is 32.0 Å². The van der Waals surface area contributed by atoms with E-state index in [2.05, 4.69) is 15.1 Å². The Morgan fingerprint density at radius 2 is 2.00 bits per heavy atom. The van der Waals surface area contributed by atoms with Gasteiger partial charge >= 0.3 is 0 Å². The summed E-state index contributed by atoms with van der Waals surface area (Å²) in [5.41, 5.74) is 8.60. The summed E-state index contributed by atoms with van der Waals surface area (Å²) in [6.45, 7) is 3.91. The maximum Gasteiger partial charge on any atom is 0.226 e. The molecule has 0 aliphatic heterocycles. The van der Waals surface area contributed by atoms with Gasteiger partial charge in [-0.2, -0.15) is 5.53 Å². The molecule has 1 aliphatic rings. The van der Waals surface area contributed by atoms with Crippen molar-refractivity contribution >= 4 is 11.5 Å². The number of ether oxygens (including phenoxy) is 1. The molecule has 0 fully saturated rings. The van der Waals surface area contributed by atoms with E-state index >= 15 is 0 Å². The van der Waals surface area contributed by atoms with Crippen LogP contribution in [-0.2, 0) is 5.41 Å². The van der Waals surface area contributed by atoms with Gasteiger partial charge in [-0.1, -0.05) is 0 Å². The number of rotatable bonds is 2. The fourth-order valence-corrected chi connectivity index (χ4v) is 2.78. The molecule has 1 aromatic heterocycles. The number of hydrogen-bond acceptors (Lipinski definition) is 5. The minimum atomic E-state index is -0.575. The van der Waals surface area contributed by atoms with Crippen LogP contribution in [0.3, 0.4) is 0 Å². The Bertz CT molecular complexity index is 767. The van der Waals surface area contributed by atoms with Crippen LogP contribution in [0.25, 0.3) is 11.3 Å². The summed E-state index contributed by atoms with van der Waals surface area (Å²) < 4.78 is 5.26. The number of aromatic nitrogens is 2. The summed E-state index contributed by atoms with van der Waals surface area (Å²) >= 11 is 0. The van der Waals surface area contributed by atoms with Crippen molar-refractivity contribution < 1.29 is 10.3 Å². The molecule has 1 aliphatic carbocycles. The lowest BCUT2D eigenvalue weighted by Crippen LogP contribution is -2.35. The molecule has 3 rings (SSSR count). The Morgan fingerprint density at radius 1 is 1.24 bits per heavy atom. The van der Waals surface area contributed by atoms with Crippen LogP contribution in [-0.4, -0.2) is 22.8 Å². The molecule has 0 bridgehead atoms. The van der Waals surface area contributed by atoms with Crippen LogP contribution < -0.4 is 10.3 Å². The number of benzene rings is 1. The number of nitrogens with one attached hydrogen (secondary N) is 1. The Morgan fingerprint density at radius 3 is 2.67 bits per heavy atom. The molecule has 0 saturated heterocycles. The molecule has 0 radical (unpaired) electrons. The van der Waals surface area contributed by atoms with Gasteiger partial charge in [0.15, 0.2) is 0 Å². The van der Waals surface area contributed by atoms with E-state index in [1.54, 1.807) is 7.11 Å². The average molecular weight is 282 g/mol. The number of fused-ring (bicyclic) bond motifs is 3. The van der Waals surface area contributed by atoms with Gasteiger partial charge in [-0.15, -0.1) is 0 Å². The maximum atomic E-state index is 8.55. The van der Waals surface area contributed by atoms with Crippen molar-refractivity contribution in [1.82, 2.24) is 9.97 Å². The van der Waals surface area contributed by atoms with Crippen LogP contribution in [0.15, 0.2) is 29.6 Å². The standard InChI is InChI=1S/C15H15N5O/c1-15(2)11-12(18-7-19-14(11)20-17)9-5-4-8(21-3)6-10(9)13(15)16/h4-7,16-17H,1-3H3/p+1. The first-order chi connectivity index (χ1) is 10.0. The van der Waals surface area contributed by atoms with Crippen molar-refractivity contribution in [1.29, 1.82) is 5.41 Å².